The van der Waals surface area contributed by atoms with Crippen molar-refractivity contribution in [2.24, 2.45) is 15.7 Å². The second-order valence-corrected chi connectivity index (χ2v) is 9.90. The highest BCUT2D eigenvalue weighted by molar-refractivity contribution is 5.94. The van der Waals surface area contributed by atoms with Crippen molar-refractivity contribution in [1.29, 1.82) is 0 Å². The topological polar surface area (TPSA) is 97.8 Å². The summed E-state index contributed by atoms with van der Waals surface area (Å²) in [4.78, 5) is 26.4. The van der Waals surface area contributed by atoms with Gasteiger partial charge in [-0.1, -0.05) is 18.2 Å². The molecule has 0 aromatic heterocycles. The number of carbonyl (C=O) groups excluding carboxylic acids is 1. The van der Waals surface area contributed by atoms with Crippen LogP contribution in [0.25, 0.3) is 0 Å². The predicted molar refractivity (Wildman–Crippen MR) is 149 cm³/mol. The maximum absolute atomic E-state index is 13.2. The van der Waals surface area contributed by atoms with Gasteiger partial charge in [0, 0.05) is 44.5 Å². The summed E-state index contributed by atoms with van der Waals surface area (Å²) >= 11 is 0. The van der Waals surface area contributed by atoms with Gasteiger partial charge in [-0.25, -0.2) is 4.99 Å². The zero-order valence-electron chi connectivity index (χ0n) is 23.1. The molecule has 0 radical (unpaired) electrons. The van der Waals surface area contributed by atoms with E-state index in [1.807, 2.05) is 24.3 Å². The van der Waals surface area contributed by atoms with Gasteiger partial charge in [-0.3, -0.25) is 14.7 Å². The number of halogens is 6. The quantitative estimate of drug-likeness (QED) is 0.228. The third kappa shape index (κ3) is 8.92. The van der Waals surface area contributed by atoms with Gasteiger partial charge in [0.1, 0.15) is 6.34 Å². The van der Waals surface area contributed by atoms with Crippen LogP contribution in [0.5, 0.6) is 0 Å². The lowest BCUT2D eigenvalue weighted by Crippen LogP contribution is -2.47. The number of nitrogens with two attached hydrogens (primary N) is 1. The first-order valence-electron chi connectivity index (χ1n) is 13.3. The van der Waals surface area contributed by atoms with Crippen molar-refractivity contribution in [2.75, 3.05) is 51.3 Å². The van der Waals surface area contributed by atoms with Crippen LogP contribution in [0.15, 0.2) is 52.4 Å². The SMILES string of the molecule is CN(C(=O)c1cc(C(F)(F)F)cc(C(F)(F)F)c1)[C@H](CO)CCCN1CCN(c2ccccc2CN=CN=CN)CC1. The number of likely N-dealkylation sites (N-methyl/N-ethyl adjacent to an activating group) is 1. The van der Waals surface area contributed by atoms with E-state index in [0.717, 1.165) is 48.7 Å². The van der Waals surface area contributed by atoms with E-state index in [1.54, 1.807) is 0 Å². The molecule has 1 amide bonds. The molecule has 0 bridgehead atoms. The van der Waals surface area contributed by atoms with Crippen molar-refractivity contribution < 1.29 is 36.2 Å². The van der Waals surface area contributed by atoms with Crippen molar-refractivity contribution in [3.8, 4) is 0 Å². The number of aliphatic hydroxyl groups is 1. The Hall–Kier alpha value is -3.65. The molecule has 42 heavy (non-hydrogen) atoms. The van der Waals surface area contributed by atoms with E-state index < -0.39 is 47.6 Å². The Morgan fingerprint density at radius 3 is 2.24 bits per heavy atom. The highest BCUT2D eigenvalue weighted by atomic mass is 19.4. The molecule has 14 heteroatoms. The number of rotatable bonds is 11. The van der Waals surface area contributed by atoms with E-state index in [2.05, 4.69) is 19.8 Å². The number of nitrogens with zero attached hydrogens (tertiary/aromatic N) is 5. The number of anilines is 1. The molecule has 0 spiro atoms. The molecule has 3 N–H and O–H groups in total. The number of amides is 1. The van der Waals surface area contributed by atoms with Crippen LogP contribution in [0.2, 0.25) is 0 Å². The Morgan fingerprint density at radius 2 is 1.67 bits per heavy atom. The predicted octanol–water partition coefficient (Wildman–Crippen LogP) is 4.27. The van der Waals surface area contributed by atoms with E-state index in [0.29, 0.717) is 38.1 Å². The number of hydrogen-bond donors (Lipinski definition) is 2. The number of para-hydroxylation sites is 1. The summed E-state index contributed by atoms with van der Waals surface area (Å²) in [5.41, 5.74) is 3.48. The maximum atomic E-state index is 13.2. The second kappa shape index (κ2) is 14.5. The first kappa shape index (κ1) is 32.9. The highest BCUT2D eigenvalue weighted by Crippen LogP contribution is 2.36. The highest BCUT2D eigenvalue weighted by Gasteiger charge is 2.38. The monoisotopic (exact) mass is 600 g/mol. The first-order chi connectivity index (χ1) is 19.8. The molecule has 1 saturated heterocycles. The Balaban J connectivity index is 1.56. The Morgan fingerprint density at radius 1 is 1.05 bits per heavy atom. The Labute approximate surface area is 240 Å². The fraction of sp³-hybridized carbons (Fsp3) is 0.464. The Kier molecular flexibility index (Phi) is 11.3. The average Bonchev–Trinajstić information content (AvgIpc) is 2.96. The number of carbonyl (C=O) groups is 1. The largest absolute Gasteiger partial charge is 0.416 e. The molecule has 1 aliphatic rings. The van der Waals surface area contributed by atoms with Crippen LogP contribution in [-0.4, -0.2) is 85.9 Å². The molecule has 1 fully saturated rings. The summed E-state index contributed by atoms with van der Waals surface area (Å²) < 4.78 is 79.4. The van der Waals surface area contributed by atoms with Crippen LogP contribution in [0, 0.1) is 0 Å². The minimum Gasteiger partial charge on any atom is -0.394 e. The molecule has 3 rings (SSSR count). The van der Waals surface area contributed by atoms with Crippen LogP contribution >= 0.6 is 0 Å². The van der Waals surface area contributed by atoms with E-state index in [1.165, 1.54) is 13.4 Å². The number of alkyl halides is 6. The minimum atomic E-state index is -5.06. The average molecular weight is 601 g/mol. The molecule has 0 saturated carbocycles. The van der Waals surface area contributed by atoms with Crippen molar-refractivity contribution in [1.82, 2.24) is 9.80 Å². The number of piperazine rings is 1. The molecule has 230 valence electrons. The lowest BCUT2D eigenvalue weighted by molar-refractivity contribution is -0.143. The van der Waals surface area contributed by atoms with E-state index in [9.17, 15) is 36.2 Å². The third-order valence-electron chi connectivity index (χ3n) is 7.13. The minimum absolute atomic E-state index is 0.0227. The summed E-state index contributed by atoms with van der Waals surface area (Å²) in [7, 11) is 1.26. The van der Waals surface area contributed by atoms with Gasteiger partial charge in [0.2, 0.25) is 0 Å². The molecule has 2 aromatic carbocycles. The molecule has 0 unspecified atom stereocenters. The van der Waals surface area contributed by atoms with Crippen molar-refractivity contribution in [3.63, 3.8) is 0 Å². The van der Waals surface area contributed by atoms with Crippen molar-refractivity contribution >= 4 is 24.3 Å². The van der Waals surface area contributed by atoms with E-state index >= 15 is 0 Å². The first-order valence-corrected chi connectivity index (χ1v) is 13.3. The van der Waals surface area contributed by atoms with Crippen LogP contribution in [-0.2, 0) is 18.9 Å². The van der Waals surface area contributed by atoms with Crippen LogP contribution in [0.3, 0.4) is 0 Å². The summed E-state index contributed by atoms with van der Waals surface area (Å²) in [6.07, 6.45) is -6.69. The zero-order valence-corrected chi connectivity index (χ0v) is 23.1. The zero-order chi connectivity index (χ0) is 30.9. The Bertz CT molecular complexity index is 1210. The standard InChI is InChI=1S/C28H34F6N6O2/c1-38(26(42)21-13-22(27(29,30)31)15-23(14-21)28(32,33)34)24(17-41)6-4-8-39-9-11-40(12-10-39)25-7-3-2-5-20(25)16-36-19-37-18-35/h2-3,5,7,13-15,18-19,24,41H,4,6,8-12,16-17H2,1H3,(H2,35,36,37)/t24-/m0/s1. The lowest BCUT2D eigenvalue weighted by atomic mass is 10.0. The molecule has 1 heterocycles. The van der Waals surface area contributed by atoms with Crippen LogP contribution in [0.4, 0.5) is 32.0 Å². The summed E-state index contributed by atoms with van der Waals surface area (Å²) in [6, 6.07) is 7.95. The maximum Gasteiger partial charge on any atom is 0.416 e. The van der Waals surface area contributed by atoms with Gasteiger partial charge in [0.25, 0.3) is 5.91 Å². The normalized spacial score (nSPS) is 16.0. The third-order valence-corrected chi connectivity index (χ3v) is 7.13. The fourth-order valence-electron chi connectivity index (χ4n) is 4.80. The van der Waals surface area contributed by atoms with Gasteiger partial charge in [-0.15, -0.1) is 0 Å². The van der Waals surface area contributed by atoms with E-state index in [-0.39, 0.29) is 6.07 Å². The molecule has 2 aromatic rings. The molecule has 0 aliphatic carbocycles. The summed E-state index contributed by atoms with van der Waals surface area (Å²) in [5.74, 6) is -1.03. The van der Waals surface area contributed by atoms with Gasteiger partial charge >= 0.3 is 12.4 Å². The second-order valence-electron chi connectivity index (χ2n) is 9.90. The van der Waals surface area contributed by atoms with Gasteiger partial charge in [-0.05, 0) is 49.2 Å². The van der Waals surface area contributed by atoms with Gasteiger partial charge in [-0.2, -0.15) is 26.3 Å². The molecule has 8 nitrogen and oxygen atoms in total. The van der Waals surface area contributed by atoms with E-state index in [4.69, 9.17) is 5.73 Å². The van der Waals surface area contributed by atoms with Crippen LogP contribution in [0.1, 0.15) is 39.9 Å². The summed E-state index contributed by atoms with van der Waals surface area (Å²) in [6.45, 7) is 3.67. The number of aliphatic imine (C=N–C) groups is 2. The molecule has 1 aliphatic heterocycles. The summed E-state index contributed by atoms with van der Waals surface area (Å²) in [5, 5.41) is 9.88. The van der Waals surface area contributed by atoms with Gasteiger partial charge < -0.3 is 20.6 Å². The molecule has 1 atom stereocenters. The molecular weight excluding hydrogens is 566 g/mol. The number of aliphatic hydroxyl groups excluding tert-OH is 1. The van der Waals surface area contributed by atoms with Gasteiger partial charge in [0.15, 0.2) is 0 Å². The number of benzene rings is 2. The lowest BCUT2D eigenvalue weighted by Gasteiger charge is -2.37. The van der Waals surface area contributed by atoms with Gasteiger partial charge in [0.05, 0.1) is 36.7 Å². The molecular formula is C28H34F6N6O2. The van der Waals surface area contributed by atoms with Crippen molar-refractivity contribution in [3.05, 3.63) is 64.7 Å². The van der Waals surface area contributed by atoms with Crippen molar-refractivity contribution in [2.45, 2.75) is 37.8 Å². The fourth-order valence-corrected chi connectivity index (χ4v) is 4.80. The smallest absolute Gasteiger partial charge is 0.394 e. The number of hydrogen-bond acceptors (Lipinski definition) is 5. The van der Waals surface area contributed by atoms with Crippen LogP contribution < -0.4 is 10.6 Å².